The molecule has 0 aromatic heterocycles. The number of benzene rings is 2. The molecular weight excluding hydrogens is 441 g/mol. The summed E-state index contributed by atoms with van der Waals surface area (Å²) in [5.41, 5.74) is 1.24. The number of carbonyl (C=O) groups is 2. The SMILES string of the molecule is O=C(O)C(Cc1ccc(O)cc1)N1C(=O)/C(=C/c2ccc(Cl)cc2Cl)SC1=S. The first-order valence-corrected chi connectivity index (χ1v) is 9.97. The van der Waals surface area contributed by atoms with E-state index in [0.29, 0.717) is 21.2 Å². The minimum Gasteiger partial charge on any atom is -0.508 e. The molecule has 1 aliphatic rings. The van der Waals surface area contributed by atoms with Crippen LogP contribution in [0.1, 0.15) is 11.1 Å². The number of amides is 1. The molecule has 28 heavy (non-hydrogen) atoms. The highest BCUT2D eigenvalue weighted by Crippen LogP contribution is 2.36. The van der Waals surface area contributed by atoms with Crippen molar-refractivity contribution in [2.75, 3.05) is 0 Å². The van der Waals surface area contributed by atoms with E-state index in [4.69, 9.17) is 35.4 Å². The molecule has 1 atom stereocenters. The molecule has 1 heterocycles. The largest absolute Gasteiger partial charge is 0.508 e. The van der Waals surface area contributed by atoms with E-state index < -0.39 is 17.9 Å². The molecule has 0 bridgehead atoms. The van der Waals surface area contributed by atoms with E-state index in [2.05, 4.69) is 0 Å². The highest BCUT2D eigenvalue weighted by Gasteiger charge is 2.40. The first-order valence-electron chi connectivity index (χ1n) is 7.99. The van der Waals surface area contributed by atoms with Gasteiger partial charge in [-0.25, -0.2) is 4.79 Å². The highest BCUT2D eigenvalue weighted by atomic mass is 35.5. The van der Waals surface area contributed by atoms with Crippen molar-refractivity contribution in [3.05, 3.63) is 68.5 Å². The lowest BCUT2D eigenvalue weighted by molar-refractivity contribution is -0.145. The molecule has 1 amide bonds. The lowest BCUT2D eigenvalue weighted by Crippen LogP contribution is -2.45. The van der Waals surface area contributed by atoms with Crippen LogP contribution in [0.4, 0.5) is 0 Å². The van der Waals surface area contributed by atoms with Gasteiger partial charge in [0, 0.05) is 16.5 Å². The maximum Gasteiger partial charge on any atom is 0.327 e. The second-order valence-corrected chi connectivity index (χ2v) is 8.46. The van der Waals surface area contributed by atoms with E-state index in [-0.39, 0.29) is 21.4 Å². The molecule has 1 fully saturated rings. The van der Waals surface area contributed by atoms with Gasteiger partial charge in [0.2, 0.25) is 0 Å². The molecule has 0 spiro atoms. The number of thioether (sulfide) groups is 1. The second kappa shape index (κ2) is 8.53. The van der Waals surface area contributed by atoms with Gasteiger partial charge in [-0.3, -0.25) is 9.69 Å². The molecule has 0 saturated carbocycles. The third kappa shape index (κ3) is 4.50. The van der Waals surface area contributed by atoms with Gasteiger partial charge in [0.25, 0.3) is 5.91 Å². The number of hydrogen-bond acceptors (Lipinski definition) is 5. The Kier molecular flexibility index (Phi) is 6.30. The number of carboxylic acid groups (broad SMARTS) is 1. The predicted molar refractivity (Wildman–Crippen MR) is 115 cm³/mol. The van der Waals surface area contributed by atoms with Gasteiger partial charge in [-0.05, 0) is 41.5 Å². The number of halogens is 2. The average molecular weight is 454 g/mol. The molecule has 9 heteroatoms. The fourth-order valence-corrected chi connectivity index (χ4v) is 4.46. The highest BCUT2D eigenvalue weighted by molar-refractivity contribution is 8.26. The Morgan fingerprint density at radius 3 is 2.50 bits per heavy atom. The number of phenols is 1. The summed E-state index contributed by atoms with van der Waals surface area (Å²) in [7, 11) is 0. The van der Waals surface area contributed by atoms with E-state index in [1.165, 1.54) is 12.1 Å². The molecule has 144 valence electrons. The number of rotatable bonds is 5. The van der Waals surface area contributed by atoms with Crippen molar-refractivity contribution in [2.45, 2.75) is 12.5 Å². The molecule has 1 saturated heterocycles. The van der Waals surface area contributed by atoms with E-state index in [9.17, 15) is 19.8 Å². The van der Waals surface area contributed by atoms with E-state index in [1.807, 2.05) is 0 Å². The van der Waals surface area contributed by atoms with Gasteiger partial charge in [-0.1, -0.05) is 65.4 Å². The summed E-state index contributed by atoms with van der Waals surface area (Å²) in [5, 5.41) is 19.9. The molecule has 1 unspecified atom stereocenters. The first-order chi connectivity index (χ1) is 13.3. The van der Waals surface area contributed by atoms with Gasteiger partial charge in [0.15, 0.2) is 0 Å². The lowest BCUT2D eigenvalue weighted by atomic mass is 10.0. The number of thiocarbonyl (C=S) groups is 1. The van der Waals surface area contributed by atoms with Crippen LogP contribution in [-0.2, 0) is 16.0 Å². The van der Waals surface area contributed by atoms with Crippen LogP contribution in [0.5, 0.6) is 5.75 Å². The summed E-state index contributed by atoms with van der Waals surface area (Å²) in [6.45, 7) is 0. The van der Waals surface area contributed by atoms with Crippen molar-refractivity contribution in [1.82, 2.24) is 4.90 Å². The van der Waals surface area contributed by atoms with Crippen molar-refractivity contribution >= 4 is 69.5 Å². The molecule has 3 rings (SSSR count). The molecule has 1 aliphatic heterocycles. The zero-order chi connectivity index (χ0) is 20.4. The van der Waals surface area contributed by atoms with Gasteiger partial charge in [0.05, 0.1) is 4.91 Å². The summed E-state index contributed by atoms with van der Waals surface area (Å²) in [4.78, 5) is 26.1. The molecule has 2 aromatic rings. The summed E-state index contributed by atoms with van der Waals surface area (Å²) >= 11 is 18.3. The Bertz CT molecular complexity index is 992. The van der Waals surface area contributed by atoms with Crippen LogP contribution >= 0.6 is 47.2 Å². The fourth-order valence-electron chi connectivity index (χ4n) is 2.65. The summed E-state index contributed by atoms with van der Waals surface area (Å²) in [5.74, 6) is -1.59. The van der Waals surface area contributed by atoms with E-state index in [0.717, 1.165) is 16.7 Å². The van der Waals surface area contributed by atoms with Crippen molar-refractivity contribution < 1.29 is 19.8 Å². The van der Waals surface area contributed by atoms with Crippen molar-refractivity contribution in [3.8, 4) is 5.75 Å². The van der Waals surface area contributed by atoms with Crippen LogP contribution in [-0.4, -0.2) is 37.4 Å². The van der Waals surface area contributed by atoms with Gasteiger partial charge < -0.3 is 10.2 Å². The van der Waals surface area contributed by atoms with E-state index >= 15 is 0 Å². The van der Waals surface area contributed by atoms with Crippen LogP contribution in [0.2, 0.25) is 10.0 Å². The summed E-state index contributed by atoms with van der Waals surface area (Å²) in [6, 6.07) is 9.83. The molecule has 2 aromatic carbocycles. The maximum atomic E-state index is 12.9. The summed E-state index contributed by atoms with van der Waals surface area (Å²) < 4.78 is 0.160. The van der Waals surface area contributed by atoms with E-state index in [1.54, 1.807) is 36.4 Å². The quantitative estimate of drug-likeness (QED) is 0.508. The predicted octanol–water partition coefficient (Wildman–Crippen LogP) is 4.60. The van der Waals surface area contributed by atoms with Crippen LogP contribution in [0.15, 0.2) is 47.4 Å². The third-order valence-corrected chi connectivity index (χ3v) is 5.93. The topological polar surface area (TPSA) is 77.8 Å². The Hall–Kier alpha value is -2.06. The van der Waals surface area contributed by atoms with Crippen molar-refractivity contribution in [1.29, 1.82) is 0 Å². The third-order valence-electron chi connectivity index (χ3n) is 4.03. The van der Waals surface area contributed by atoms with Gasteiger partial charge in [-0.2, -0.15) is 0 Å². The van der Waals surface area contributed by atoms with Crippen molar-refractivity contribution in [3.63, 3.8) is 0 Å². The number of aromatic hydroxyl groups is 1. The lowest BCUT2D eigenvalue weighted by Gasteiger charge is -2.23. The standard InChI is InChI=1S/C19H13Cl2NO4S2/c20-12-4-3-11(14(21)9-12)8-16-17(24)22(19(27)28-16)15(18(25)26)7-10-1-5-13(23)6-2-10/h1-6,8-9,15,23H,7H2,(H,25,26)/b16-8-. The zero-order valence-corrected chi connectivity index (χ0v) is 17.3. The zero-order valence-electron chi connectivity index (χ0n) is 14.1. The Labute approximate surface area is 180 Å². The number of aliphatic carboxylic acids is 1. The van der Waals surface area contributed by atoms with Gasteiger partial charge in [-0.15, -0.1) is 0 Å². The number of phenolic OH excluding ortho intramolecular Hbond substituents is 1. The average Bonchev–Trinajstić information content (AvgIpc) is 2.90. The smallest absolute Gasteiger partial charge is 0.327 e. The number of nitrogens with zero attached hydrogens (tertiary/aromatic N) is 1. The van der Waals surface area contributed by atoms with Gasteiger partial charge >= 0.3 is 5.97 Å². The van der Waals surface area contributed by atoms with Gasteiger partial charge in [0.1, 0.15) is 16.1 Å². The van der Waals surface area contributed by atoms with Crippen molar-refractivity contribution in [2.24, 2.45) is 0 Å². The molecular formula is C19H13Cl2NO4S2. The Morgan fingerprint density at radius 1 is 1.21 bits per heavy atom. The van der Waals surface area contributed by atoms with Crippen LogP contribution in [0.25, 0.3) is 6.08 Å². The van der Waals surface area contributed by atoms with Crippen LogP contribution in [0.3, 0.4) is 0 Å². The minimum atomic E-state index is -1.17. The summed E-state index contributed by atoms with van der Waals surface area (Å²) in [6.07, 6.45) is 1.62. The first kappa shape index (κ1) is 20.7. The maximum absolute atomic E-state index is 12.9. The molecule has 2 N–H and O–H groups in total. The minimum absolute atomic E-state index is 0.0526. The number of hydrogen-bond donors (Lipinski definition) is 2. The second-order valence-electron chi connectivity index (χ2n) is 5.94. The molecule has 0 radical (unpaired) electrons. The molecule has 5 nitrogen and oxygen atoms in total. The Balaban J connectivity index is 1.89. The monoisotopic (exact) mass is 453 g/mol. The molecule has 0 aliphatic carbocycles. The normalized spacial score (nSPS) is 16.6. The van der Waals surface area contributed by atoms with Crippen LogP contribution < -0.4 is 0 Å². The number of carboxylic acids is 1. The van der Waals surface area contributed by atoms with Crippen LogP contribution in [0, 0.1) is 0 Å². The fraction of sp³-hybridized carbons (Fsp3) is 0.105. The Morgan fingerprint density at radius 2 is 1.89 bits per heavy atom. The number of carbonyl (C=O) groups excluding carboxylic acids is 1.